The fourth-order valence-corrected chi connectivity index (χ4v) is 2.66. The maximum Gasteiger partial charge on any atom is 0.142 e. The van der Waals surface area contributed by atoms with Gasteiger partial charge in [-0.3, -0.25) is 0 Å². The number of rotatable bonds is 1. The lowest BCUT2D eigenvalue weighted by Crippen LogP contribution is -1.97. The van der Waals surface area contributed by atoms with E-state index in [1.165, 1.54) is 0 Å². The molecule has 15 heavy (non-hydrogen) atoms. The van der Waals surface area contributed by atoms with Crippen LogP contribution >= 0.6 is 11.6 Å². The molecule has 3 nitrogen and oxygen atoms in total. The summed E-state index contributed by atoms with van der Waals surface area (Å²) in [7, 11) is 0. The molecular formula is C11H11ClO3. The van der Waals surface area contributed by atoms with E-state index in [1.807, 2.05) is 0 Å². The van der Waals surface area contributed by atoms with Crippen molar-refractivity contribution in [2.75, 3.05) is 13.2 Å². The summed E-state index contributed by atoms with van der Waals surface area (Å²) in [6.45, 7) is 1.28. The molecule has 2 aliphatic heterocycles. The van der Waals surface area contributed by atoms with E-state index in [4.69, 9.17) is 21.1 Å². The van der Waals surface area contributed by atoms with Crippen LogP contribution in [0.1, 0.15) is 16.7 Å². The number of halogens is 1. The summed E-state index contributed by atoms with van der Waals surface area (Å²) in [4.78, 5) is 0. The van der Waals surface area contributed by atoms with Crippen molar-refractivity contribution in [2.45, 2.75) is 19.4 Å². The Morgan fingerprint density at radius 2 is 1.73 bits per heavy atom. The maximum atomic E-state index is 9.38. The molecule has 0 fully saturated rings. The Labute approximate surface area is 92.6 Å². The van der Waals surface area contributed by atoms with Crippen molar-refractivity contribution in [2.24, 2.45) is 0 Å². The van der Waals surface area contributed by atoms with Gasteiger partial charge in [0.1, 0.15) is 11.5 Å². The predicted octanol–water partition coefficient (Wildman–Crippen LogP) is 1.70. The van der Waals surface area contributed by atoms with E-state index in [0.29, 0.717) is 18.2 Å². The summed E-state index contributed by atoms with van der Waals surface area (Å²) < 4.78 is 11.0. The zero-order valence-corrected chi connectivity index (χ0v) is 8.93. The number of aliphatic hydroxyl groups is 1. The average Bonchev–Trinajstić information content (AvgIpc) is 2.85. The summed E-state index contributed by atoms with van der Waals surface area (Å²) >= 11 is 6.24. The van der Waals surface area contributed by atoms with Gasteiger partial charge >= 0.3 is 0 Å². The van der Waals surface area contributed by atoms with Crippen molar-refractivity contribution in [3.8, 4) is 11.5 Å². The zero-order chi connectivity index (χ0) is 10.4. The lowest BCUT2D eigenvalue weighted by Gasteiger charge is -2.12. The topological polar surface area (TPSA) is 38.7 Å². The van der Waals surface area contributed by atoms with Gasteiger partial charge in [-0.1, -0.05) is 11.6 Å². The van der Waals surface area contributed by atoms with E-state index in [1.54, 1.807) is 0 Å². The Balaban J connectivity index is 2.31. The van der Waals surface area contributed by atoms with Crippen LogP contribution in [-0.4, -0.2) is 18.3 Å². The van der Waals surface area contributed by atoms with Gasteiger partial charge in [-0.2, -0.15) is 0 Å². The molecule has 80 valence electrons. The Hall–Kier alpha value is -0.930. The molecule has 1 aromatic rings. The van der Waals surface area contributed by atoms with Crippen LogP contribution in [0.15, 0.2) is 0 Å². The summed E-state index contributed by atoms with van der Waals surface area (Å²) in [5.74, 6) is 1.54. The fourth-order valence-electron chi connectivity index (χ4n) is 2.32. The van der Waals surface area contributed by atoms with Gasteiger partial charge in [0, 0.05) is 29.5 Å². The molecule has 2 aliphatic rings. The van der Waals surface area contributed by atoms with Crippen LogP contribution in [0.3, 0.4) is 0 Å². The molecule has 3 rings (SSSR count). The molecule has 0 spiro atoms. The predicted molar refractivity (Wildman–Crippen MR) is 55.8 cm³/mol. The standard InChI is InChI=1S/C11H11ClO3/c12-9-7-2-4-14-10(7)8(5-13)6-1-3-15-11(6)9/h13H,1-5H2. The fraction of sp³-hybridized carbons (Fsp3) is 0.455. The van der Waals surface area contributed by atoms with Crippen LogP contribution in [0.5, 0.6) is 11.5 Å². The number of aliphatic hydroxyl groups excluding tert-OH is 1. The lowest BCUT2D eigenvalue weighted by molar-refractivity contribution is 0.269. The molecule has 0 saturated heterocycles. The largest absolute Gasteiger partial charge is 0.493 e. The highest BCUT2D eigenvalue weighted by atomic mass is 35.5. The van der Waals surface area contributed by atoms with Crippen LogP contribution in [0.4, 0.5) is 0 Å². The second kappa shape index (κ2) is 3.29. The van der Waals surface area contributed by atoms with E-state index < -0.39 is 0 Å². The highest BCUT2D eigenvalue weighted by molar-refractivity contribution is 6.33. The minimum Gasteiger partial charge on any atom is -0.493 e. The van der Waals surface area contributed by atoms with E-state index in [2.05, 4.69) is 0 Å². The number of fused-ring (bicyclic) bond motifs is 2. The van der Waals surface area contributed by atoms with Crippen molar-refractivity contribution in [1.29, 1.82) is 0 Å². The molecule has 1 N–H and O–H groups in total. The Bertz CT molecular complexity index is 393. The third kappa shape index (κ3) is 1.17. The zero-order valence-electron chi connectivity index (χ0n) is 8.18. The molecule has 0 saturated carbocycles. The molecular weight excluding hydrogens is 216 g/mol. The molecule has 0 aliphatic carbocycles. The van der Waals surface area contributed by atoms with Crippen LogP contribution in [0.25, 0.3) is 0 Å². The van der Waals surface area contributed by atoms with Gasteiger partial charge in [-0.05, 0) is 0 Å². The van der Waals surface area contributed by atoms with Gasteiger partial charge in [-0.15, -0.1) is 0 Å². The first-order valence-corrected chi connectivity index (χ1v) is 5.43. The molecule has 0 aromatic heterocycles. The molecule has 0 bridgehead atoms. The van der Waals surface area contributed by atoms with E-state index >= 15 is 0 Å². The second-order valence-corrected chi connectivity index (χ2v) is 4.14. The minimum absolute atomic E-state index is 0.00873. The van der Waals surface area contributed by atoms with Gasteiger partial charge in [0.2, 0.25) is 0 Å². The summed E-state index contributed by atoms with van der Waals surface area (Å²) in [5.41, 5.74) is 2.86. The molecule has 0 unspecified atom stereocenters. The van der Waals surface area contributed by atoms with Crippen LogP contribution in [0, 0.1) is 0 Å². The van der Waals surface area contributed by atoms with Crippen molar-refractivity contribution >= 4 is 11.6 Å². The van der Waals surface area contributed by atoms with E-state index in [-0.39, 0.29) is 6.61 Å². The van der Waals surface area contributed by atoms with Crippen molar-refractivity contribution in [3.05, 3.63) is 21.7 Å². The van der Waals surface area contributed by atoms with Crippen LogP contribution in [0.2, 0.25) is 5.02 Å². The maximum absolute atomic E-state index is 9.38. The quantitative estimate of drug-likeness (QED) is 0.792. The Morgan fingerprint density at radius 1 is 1.07 bits per heavy atom. The van der Waals surface area contributed by atoms with Crippen molar-refractivity contribution in [1.82, 2.24) is 0 Å². The first-order valence-electron chi connectivity index (χ1n) is 5.05. The summed E-state index contributed by atoms with van der Waals surface area (Å²) in [5, 5.41) is 10.1. The molecule has 0 amide bonds. The molecule has 1 aromatic carbocycles. The van der Waals surface area contributed by atoms with E-state index in [0.717, 1.165) is 41.0 Å². The minimum atomic E-state index is -0.00873. The number of ether oxygens (including phenoxy) is 2. The number of hydrogen-bond acceptors (Lipinski definition) is 3. The van der Waals surface area contributed by atoms with Gasteiger partial charge in [-0.25, -0.2) is 0 Å². The number of benzene rings is 1. The molecule has 0 atom stereocenters. The lowest BCUT2D eigenvalue weighted by atomic mass is 10.00. The first-order chi connectivity index (χ1) is 7.33. The molecule has 4 heteroatoms. The van der Waals surface area contributed by atoms with Crippen molar-refractivity contribution < 1.29 is 14.6 Å². The van der Waals surface area contributed by atoms with Crippen LogP contribution in [-0.2, 0) is 19.4 Å². The van der Waals surface area contributed by atoms with Crippen molar-refractivity contribution in [3.63, 3.8) is 0 Å². The Morgan fingerprint density at radius 3 is 2.47 bits per heavy atom. The Kier molecular flexibility index (Phi) is 2.04. The van der Waals surface area contributed by atoms with Gasteiger partial charge < -0.3 is 14.6 Å². The smallest absolute Gasteiger partial charge is 0.142 e. The van der Waals surface area contributed by atoms with Crippen LogP contribution < -0.4 is 9.47 Å². The molecule has 2 heterocycles. The number of hydrogen-bond donors (Lipinski definition) is 1. The molecule has 0 radical (unpaired) electrons. The third-order valence-corrected chi connectivity index (χ3v) is 3.41. The summed E-state index contributed by atoms with van der Waals surface area (Å²) in [6.07, 6.45) is 1.61. The average molecular weight is 227 g/mol. The second-order valence-electron chi connectivity index (χ2n) is 3.76. The van der Waals surface area contributed by atoms with Gasteiger partial charge in [0.25, 0.3) is 0 Å². The van der Waals surface area contributed by atoms with E-state index in [9.17, 15) is 5.11 Å². The highest BCUT2D eigenvalue weighted by Gasteiger charge is 2.30. The highest BCUT2D eigenvalue weighted by Crippen LogP contribution is 2.46. The third-order valence-electron chi connectivity index (χ3n) is 3.01. The van der Waals surface area contributed by atoms with Gasteiger partial charge in [0.15, 0.2) is 0 Å². The SMILES string of the molecule is OCc1c2c(c(Cl)c3c1OCC3)OCC2. The normalized spacial score (nSPS) is 16.9. The summed E-state index contributed by atoms with van der Waals surface area (Å²) in [6, 6.07) is 0. The van der Waals surface area contributed by atoms with Gasteiger partial charge in [0.05, 0.1) is 24.8 Å². The monoisotopic (exact) mass is 226 g/mol. The first kappa shape index (κ1) is 9.31.